The number of aryl methyl sites for hydroxylation is 1. The number of ketones is 1. The molecule has 3 aromatic rings. The van der Waals surface area contributed by atoms with E-state index < -0.39 is 0 Å². The van der Waals surface area contributed by atoms with E-state index in [9.17, 15) is 9.18 Å². The average molecular weight is 476 g/mol. The predicted molar refractivity (Wildman–Crippen MR) is 130 cm³/mol. The van der Waals surface area contributed by atoms with E-state index in [2.05, 4.69) is 4.90 Å². The summed E-state index contributed by atoms with van der Waals surface area (Å²) in [7, 11) is 3.24. The average Bonchev–Trinajstić information content (AvgIpc) is 3.20. The van der Waals surface area contributed by atoms with Gasteiger partial charge in [0.1, 0.15) is 24.0 Å². The molecule has 0 saturated carbocycles. The number of hydrogen-bond donors (Lipinski definition) is 0. The second-order valence-electron chi connectivity index (χ2n) is 8.63. The molecular formula is C28H26FNO5. The van der Waals surface area contributed by atoms with Crippen molar-refractivity contribution in [2.45, 2.75) is 19.9 Å². The lowest BCUT2D eigenvalue weighted by Crippen LogP contribution is -2.34. The van der Waals surface area contributed by atoms with Crippen molar-refractivity contribution in [2.75, 3.05) is 27.5 Å². The molecule has 35 heavy (non-hydrogen) atoms. The van der Waals surface area contributed by atoms with E-state index in [4.69, 9.17) is 18.9 Å². The van der Waals surface area contributed by atoms with Gasteiger partial charge in [-0.2, -0.15) is 0 Å². The van der Waals surface area contributed by atoms with Crippen molar-refractivity contribution in [3.8, 4) is 23.0 Å². The van der Waals surface area contributed by atoms with Gasteiger partial charge in [0.2, 0.25) is 5.78 Å². The van der Waals surface area contributed by atoms with Crippen molar-refractivity contribution in [3.63, 3.8) is 0 Å². The maximum atomic E-state index is 13.3. The number of ether oxygens (including phenoxy) is 4. The zero-order chi connectivity index (χ0) is 24.5. The third kappa shape index (κ3) is 4.47. The van der Waals surface area contributed by atoms with E-state index in [-0.39, 0.29) is 17.4 Å². The lowest BCUT2D eigenvalue weighted by molar-refractivity contribution is 0.0949. The Bertz CT molecular complexity index is 1320. The summed E-state index contributed by atoms with van der Waals surface area (Å²) in [5.74, 6) is 2.41. The third-order valence-electron chi connectivity index (χ3n) is 6.32. The van der Waals surface area contributed by atoms with E-state index >= 15 is 0 Å². The molecule has 5 rings (SSSR count). The summed E-state index contributed by atoms with van der Waals surface area (Å²) in [5, 5.41) is 0. The molecule has 0 aliphatic carbocycles. The van der Waals surface area contributed by atoms with Crippen molar-refractivity contribution in [3.05, 3.63) is 87.9 Å². The highest BCUT2D eigenvalue weighted by Crippen LogP contribution is 2.44. The summed E-state index contributed by atoms with van der Waals surface area (Å²) in [6, 6.07) is 13.8. The maximum Gasteiger partial charge on any atom is 0.232 e. The number of benzene rings is 3. The minimum atomic E-state index is -0.329. The topological polar surface area (TPSA) is 57.2 Å². The molecule has 0 saturated heterocycles. The fourth-order valence-corrected chi connectivity index (χ4v) is 4.45. The second kappa shape index (κ2) is 9.43. The van der Waals surface area contributed by atoms with Gasteiger partial charge in [-0.1, -0.05) is 18.2 Å². The predicted octanol–water partition coefficient (Wildman–Crippen LogP) is 5.16. The van der Waals surface area contributed by atoms with Crippen LogP contribution in [0.25, 0.3) is 6.08 Å². The number of allylic oxidation sites excluding steroid dienone is 1. The monoisotopic (exact) mass is 475 g/mol. The smallest absolute Gasteiger partial charge is 0.232 e. The largest absolute Gasteiger partial charge is 0.493 e. The van der Waals surface area contributed by atoms with Gasteiger partial charge in [-0.25, -0.2) is 4.39 Å². The van der Waals surface area contributed by atoms with E-state index in [1.165, 1.54) is 12.1 Å². The van der Waals surface area contributed by atoms with Gasteiger partial charge in [0.25, 0.3) is 0 Å². The Kier molecular flexibility index (Phi) is 6.17. The molecule has 0 atom stereocenters. The summed E-state index contributed by atoms with van der Waals surface area (Å²) in [6.45, 7) is 3.69. The summed E-state index contributed by atoms with van der Waals surface area (Å²) >= 11 is 0. The van der Waals surface area contributed by atoms with Crippen molar-refractivity contribution < 1.29 is 28.1 Å². The van der Waals surface area contributed by atoms with E-state index in [1.807, 2.05) is 31.2 Å². The fraction of sp³-hybridized carbons (Fsp3) is 0.250. The molecule has 2 aliphatic rings. The number of halogens is 1. The molecule has 0 bridgehead atoms. The molecule has 2 aliphatic heterocycles. The Hall–Kier alpha value is -3.84. The van der Waals surface area contributed by atoms with Crippen molar-refractivity contribution >= 4 is 11.9 Å². The van der Waals surface area contributed by atoms with Crippen LogP contribution in [0.3, 0.4) is 0 Å². The van der Waals surface area contributed by atoms with Crippen LogP contribution in [0, 0.1) is 12.7 Å². The molecule has 0 N–H and O–H groups in total. The fourth-order valence-electron chi connectivity index (χ4n) is 4.45. The van der Waals surface area contributed by atoms with E-state index in [1.54, 1.807) is 32.4 Å². The molecule has 0 aromatic heterocycles. The van der Waals surface area contributed by atoms with Gasteiger partial charge in [0.15, 0.2) is 17.3 Å². The zero-order valence-electron chi connectivity index (χ0n) is 19.9. The number of rotatable bonds is 6. The minimum absolute atomic E-state index is 0.174. The van der Waals surface area contributed by atoms with Gasteiger partial charge < -0.3 is 18.9 Å². The van der Waals surface area contributed by atoms with Crippen molar-refractivity contribution in [1.82, 2.24) is 4.90 Å². The van der Waals surface area contributed by atoms with Crippen molar-refractivity contribution in [1.29, 1.82) is 0 Å². The number of Topliss-reactive ketones (excluding diaryl/α,β-unsaturated/α-hetero) is 1. The first-order chi connectivity index (χ1) is 17.0. The lowest BCUT2D eigenvalue weighted by atomic mass is 9.98. The molecule has 0 amide bonds. The third-order valence-corrected chi connectivity index (χ3v) is 6.32. The van der Waals surface area contributed by atoms with Crippen LogP contribution >= 0.6 is 0 Å². The number of carbonyl (C=O) groups excluding carboxylic acids is 1. The highest BCUT2D eigenvalue weighted by atomic mass is 19.1. The van der Waals surface area contributed by atoms with Crippen LogP contribution in [0.2, 0.25) is 0 Å². The molecule has 6 nitrogen and oxygen atoms in total. The summed E-state index contributed by atoms with van der Waals surface area (Å²) in [4.78, 5) is 15.3. The van der Waals surface area contributed by atoms with Gasteiger partial charge in [-0.15, -0.1) is 0 Å². The standard InChI is InChI=1S/C28H26FNO5/c1-17-12-23-21(28-26(17)27(31)25(35-28)14-18-4-7-20(29)8-5-18)15-30(16-34-23)11-10-19-6-9-22(32-2)24(13-19)33-3/h4-9,12-14H,10-11,15-16H2,1-3H3/b25-14+. The zero-order valence-corrected chi connectivity index (χ0v) is 19.9. The summed E-state index contributed by atoms with van der Waals surface area (Å²) in [6.07, 6.45) is 2.44. The Labute approximate surface area is 203 Å². The van der Waals surface area contributed by atoms with Gasteiger partial charge in [-0.3, -0.25) is 9.69 Å². The Morgan fingerprint density at radius 1 is 1.06 bits per heavy atom. The van der Waals surface area contributed by atoms with Gasteiger partial charge in [0.05, 0.1) is 25.3 Å². The Morgan fingerprint density at radius 3 is 2.57 bits per heavy atom. The molecule has 7 heteroatoms. The Morgan fingerprint density at radius 2 is 1.83 bits per heavy atom. The number of methoxy groups -OCH3 is 2. The second-order valence-corrected chi connectivity index (χ2v) is 8.63. The maximum absolute atomic E-state index is 13.3. The molecule has 0 spiro atoms. The van der Waals surface area contributed by atoms with Gasteiger partial charge in [-0.05, 0) is 66.4 Å². The summed E-state index contributed by atoms with van der Waals surface area (Å²) < 4.78 is 36.1. The van der Waals surface area contributed by atoms with E-state index in [0.717, 1.165) is 35.4 Å². The first-order valence-corrected chi connectivity index (χ1v) is 11.4. The number of nitrogens with zero attached hydrogens (tertiary/aromatic N) is 1. The molecular weight excluding hydrogens is 449 g/mol. The van der Waals surface area contributed by atoms with Crippen LogP contribution in [0.1, 0.15) is 32.6 Å². The first kappa shape index (κ1) is 22.9. The molecule has 0 radical (unpaired) electrons. The van der Waals surface area contributed by atoms with E-state index in [0.29, 0.717) is 41.7 Å². The van der Waals surface area contributed by atoms with Crippen LogP contribution < -0.4 is 18.9 Å². The normalized spacial score (nSPS) is 15.9. The molecule has 180 valence electrons. The van der Waals surface area contributed by atoms with Gasteiger partial charge in [0, 0.05) is 13.1 Å². The molecule has 0 unspecified atom stereocenters. The van der Waals surface area contributed by atoms with Crippen molar-refractivity contribution in [2.24, 2.45) is 0 Å². The highest BCUT2D eigenvalue weighted by molar-refractivity contribution is 6.15. The quantitative estimate of drug-likeness (QED) is 0.459. The van der Waals surface area contributed by atoms with Crippen LogP contribution in [-0.2, 0) is 13.0 Å². The number of hydrogen-bond acceptors (Lipinski definition) is 6. The van der Waals surface area contributed by atoms with Crippen LogP contribution in [-0.4, -0.2) is 38.2 Å². The number of fused-ring (bicyclic) bond motifs is 3. The molecule has 2 heterocycles. The molecule has 3 aromatic carbocycles. The first-order valence-electron chi connectivity index (χ1n) is 11.4. The van der Waals surface area contributed by atoms with Crippen LogP contribution in [0.15, 0.2) is 54.3 Å². The lowest BCUT2D eigenvalue weighted by Gasteiger charge is -2.30. The van der Waals surface area contributed by atoms with Crippen LogP contribution in [0.5, 0.6) is 23.0 Å². The SMILES string of the molecule is COc1ccc(CCN2COc3cc(C)c4c(c3C2)O/C(=C/c2ccc(F)cc2)C4=O)cc1OC. The highest BCUT2D eigenvalue weighted by Gasteiger charge is 2.35. The molecule has 0 fully saturated rings. The van der Waals surface area contributed by atoms with Gasteiger partial charge >= 0.3 is 0 Å². The number of carbonyl (C=O) groups is 1. The summed E-state index contributed by atoms with van der Waals surface area (Å²) in [5.41, 5.74) is 4.05. The Balaban J connectivity index is 1.36. The minimum Gasteiger partial charge on any atom is -0.493 e. The van der Waals surface area contributed by atoms with Crippen LogP contribution in [0.4, 0.5) is 4.39 Å².